The monoisotopic (exact) mass is 207 g/mol. The van der Waals surface area contributed by atoms with Gasteiger partial charge in [0.15, 0.2) is 0 Å². The third-order valence-corrected chi connectivity index (χ3v) is 2.79. The Labute approximate surface area is 92.1 Å². The molecule has 2 unspecified atom stereocenters. The van der Waals surface area contributed by atoms with Gasteiger partial charge in [0.1, 0.15) is 0 Å². The summed E-state index contributed by atoms with van der Waals surface area (Å²) in [5.74, 6) is 0.178. The zero-order valence-electron chi connectivity index (χ0n) is 9.61. The predicted molar refractivity (Wildman–Crippen MR) is 63.6 cm³/mol. The summed E-state index contributed by atoms with van der Waals surface area (Å²) < 4.78 is 0. The molecule has 2 nitrogen and oxygen atoms in total. The van der Waals surface area contributed by atoms with Crippen molar-refractivity contribution < 1.29 is 5.11 Å². The zero-order valence-corrected chi connectivity index (χ0v) is 9.61. The normalized spacial score (nSPS) is 14.9. The van der Waals surface area contributed by atoms with Crippen LogP contribution in [0, 0.1) is 12.8 Å². The highest BCUT2D eigenvalue weighted by molar-refractivity contribution is 5.24. The van der Waals surface area contributed by atoms with E-state index < -0.39 is 6.10 Å². The highest BCUT2D eigenvalue weighted by atomic mass is 16.3. The fourth-order valence-electron chi connectivity index (χ4n) is 1.90. The van der Waals surface area contributed by atoms with Crippen molar-refractivity contribution in [3.63, 3.8) is 0 Å². The van der Waals surface area contributed by atoms with Crippen LogP contribution in [0.15, 0.2) is 24.3 Å². The molecule has 15 heavy (non-hydrogen) atoms. The van der Waals surface area contributed by atoms with Crippen LogP contribution in [-0.4, -0.2) is 11.7 Å². The molecular weight excluding hydrogens is 186 g/mol. The van der Waals surface area contributed by atoms with E-state index in [0.717, 1.165) is 18.4 Å². The number of aliphatic hydroxyl groups excluding tert-OH is 1. The van der Waals surface area contributed by atoms with E-state index in [9.17, 15) is 5.11 Å². The molecule has 2 atom stereocenters. The third-order valence-electron chi connectivity index (χ3n) is 2.79. The summed E-state index contributed by atoms with van der Waals surface area (Å²) in [4.78, 5) is 0. The van der Waals surface area contributed by atoms with Gasteiger partial charge in [-0.1, -0.05) is 43.2 Å². The summed E-state index contributed by atoms with van der Waals surface area (Å²) in [5.41, 5.74) is 7.84. The minimum atomic E-state index is -0.421. The first-order valence-corrected chi connectivity index (χ1v) is 5.63. The quantitative estimate of drug-likeness (QED) is 0.778. The molecule has 0 bridgehead atoms. The van der Waals surface area contributed by atoms with Gasteiger partial charge in [-0.15, -0.1) is 0 Å². The number of hydrogen-bond acceptors (Lipinski definition) is 2. The number of aryl methyl sites for hydroxylation is 1. The summed E-state index contributed by atoms with van der Waals surface area (Å²) in [5, 5.41) is 10.2. The summed E-state index contributed by atoms with van der Waals surface area (Å²) in [6.07, 6.45) is 1.62. The number of aliphatic hydroxyl groups is 1. The molecule has 0 aromatic heterocycles. The van der Waals surface area contributed by atoms with Gasteiger partial charge in [0, 0.05) is 5.92 Å². The molecule has 1 aromatic rings. The summed E-state index contributed by atoms with van der Waals surface area (Å²) in [7, 11) is 0. The van der Waals surface area contributed by atoms with Crippen LogP contribution in [0.2, 0.25) is 0 Å². The molecule has 84 valence electrons. The predicted octanol–water partition coefficient (Wildman–Crippen LogP) is 2.40. The van der Waals surface area contributed by atoms with Crippen LogP contribution < -0.4 is 5.73 Å². The first kappa shape index (κ1) is 12.2. The first-order valence-electron chi connectivity index (χ1n) is 5.63. The van der Waals surface area contributed by atoms with Crippen LogP contribution in [0.1, 0.15) is 37.0 Å². The molecule has 3 N–H and O–H groups in total. The van der Waals surface area contributed by atoms with Crippen LogP contribution in [-0.2, 0) is 0 Å². The lowest BCUT2D eigenvalue weighted by Crippen LogP contribution is -2.21. The Balaban J connectivity index is 2.77. The van der Waals surface area contributed by atoms with Gasteiger partial charge in [-0.3, -0.25) is 0 Å². The van der Waals surface area contributed by atoms with Crippen LogP contribution in [0.5, 0.6) is 0 Å². The van der Waals surface area contributed by atoms with Gasteiger partial charge in [-0.25, -0.2) is 0 Å². The summed E-state index contributed by atoms with van der Waals surface area (Å²) >= 11 is 0. The van der Waals surface area contributed by atoms with Crippen LogP contribution >= 0.6 is 0 Å². The second kappa shape index (κ2) is 5.89. The molecule has 0 fully saturated rings. The largest absolute Gasteiger partial charge is 0.388 e. The molecule has 0 aliphatic carbocycles. The molecule has 0 aliphatic heterocycles. The standard InChI is InChI=1S/C13H21NO/c1-3-5-12(9-14)13(15)11-7-4-6-10(2)8-11/h4,6-8,12-13,15H,3,5,9,14H2,1-2H3. The van der Waals surface area contributed by atoms with Gasteiger partial charge in [0.2, 0.25) is 0 Å². The molecule has 0 aliphatic rings. The highest BCUT2D eigenvalue weighted by Gasteiger charge is 2.18. The van der Waals surface area contributed by atoms with Gasteiger partial charge < -0.3 is 10.8 Å². The maximum absolute atomic E-state index is 10.2. The smallest absolute Gasteiger partial charge is 0.0830 e. The Morgan fingerprint density at radius 2 is 2.13 bits per heavy atom. The van der Waals surface area contributed by atoms with Gasteiger partial charge in [0.05, 0.1) is 6.10 Å². The highest BCUT2D eigenvalue weighted by Crippen LogP contribution is 2.25. The lowest BCUT2D eigenvalue weighted by molar-refractivity contribution is 0.107. The van der Waals surface area contributed by atoms with Crippen LogP contribution in [0.25, 0.3) is 0 Å². The maximum Gasteiger partial charge on any atom is 0.0830 e. The molecular formula is C13H21NO. The number of nitrogens with two attached hydrogens (primary N) is 1. The Hall–Kier alpha value is -0.860. The van der Waals surface area contributed by atoms with E-state index in [2.05, 4.69) is 6.92 Å². The Bertz CT molecular complexity index is 298. The van der Waals surface area contributed by atoms with Crippen LogP contribution in [0.3, 0.4) is 0 Å². The van der Waals surface area contributed by atoms with E-state index in [1.165, 1.54) is 5.56 Å². The second-order valence-electron chi connectivity index (χ2n) is 4.14. The number of benzene rings is 1. The van der Waals surface area contributed by atoms with Crippen molar-refractivity contribution in [3.05, 3.63) is 35.4 Å². The Morgan fingerprint density at radius 3 is 2.67 bits per heavy atom. The first-order chi connectivity index (χ1) is 7.19. The van der Waals surface area contributed by atoms with Crippen molar-refractivity contribution in [3.8, 4) is 0 Å². The van der Waals surface area contributed by atoms with E-state index >= 15 is 0 Å². The second-order valence-corrected chi connectivity index (χ2v) is 4.14. The SMILES string of the molecule is CCCC(CN)C(O)c1cccc(C)c1. The van der Waals surface area contributed by atoms with Crippen molar-refractivity contribution in [2.24, 2.45) is 11.7 Å². The van der Waals surface area contributed by atoms with Crippen molar-refractivity contribution >= 4 is 0 Å². The molecule has 0 spiro atoms. The van der Waals surface area contributed by atoms with E-state index in [-0.39, 0.29) is 5.92 Å². The molecule has 1 aromatic carbocycles. The fraction of sp³-hybridized carbons (Fsp3) is 0.538. The van der Waals surface area contributed by atoms with E-state index in [1.807, 2.05) is 31.2 Å². The summed E-state index contributed by atoms with van der Waals surface area (Å²) in [6, 6.07) is 8.01. The van der Waals surface area contributed by atoms with Gasteiger partial charge in [-0.05, 0) is 25.5 Å². The zero-order chi connectivity index (χ0) is 11.3. The van der Waals surface area contributed by atoms with Crippen LogP contribution in [0.4, 0.5) is 0 Å². The van der Waals surface area contributed by atoms with Gasteiger partial charge in [-0.2, -0.15) is 0 Å². The Kier molecular flexibility index (Phi) is 4.79. The fourth-order valence-corrected chi connectivity index (χ4v) is 1.90. The third kappa shape index (κ3) is 3.33. The van der Waals surface area contributed by atoms with Crippen molar-refractivity contribution in [1.82, 2.24) is 0 Å². The lowest BCUT2D eigenvalue weighted by atomic mass is 9.91. The van der Waals surface area contributed by atoms with Gasteiger partial charge in [0.25, 0.3) is 0 Å². The average molecular weight is 207 g/mol. The average Bonchev–Trinajstić information content (AvgIpc) is 2.25. The van der Waals surface area contributed by atoms with E-state index in [1.54, 1.807) is 0 Å². The minimum absolute atomic E-state index is 0.178. The molecule has 0 radical (unpaired) electrons. The van der Waals surface area contributed by atoms with Gasteiger partial charge >= 0.3 is 0 Å². The molecule has 1 rings (SSSR count). The Morgan fingerprint density at radius 1 is 1.40 bits per heavy atom. The topological polar surface area (TPSA) is 46.2 Å². The number of rotatable bonds is 5. The maximum atomic E-state index is 10.2. The van der Waals surface area contributed by atoms with Crippen molar-refractivity contribution in [1.29, 1.82) is 0 Å². The van der Waals surface area contributed by atoms with Crippen molar-refractivity contribution in [2.75, 3.05) is 6.54 Å². The molecule has 0 saturated heterocycles. The molecule has 0 amide bonds. The lowest BCUT2D eigenvalue weighted by Gasteiger charge is -2.21. The van der Waals surface area contributed by atoms with E-state index in [4.69, 9.17) is 5.73 Å². The summed E-state index contributed by atoms with van der Waals surface area (Å²) in [6.45, 7) is 4.70. The molecule has 0 saturated carbocycles. The molecule has 2 heteroatoms. The van der Waals surface area contributed by atoms with Crippen molar-refractivity contribution in [2.45, 2.75) is 32.8 Å². The minimum Gasteiger partial charge on any atom is -0.388 e. The number of hydrogen-bond donors (Lipinski definition) is 2. The molecule has 0 heterocycles. The van der Waals surface area contributed by atoms with E-state index in [0.29, 0.717) is 6.54 Å².